The maximum Gasteiger partial charge on any atom is 0.103 e. The van der Waals surface area contributed by atoms with Crippen LogP contribution in [0.25, 0.3) is 10.1 Å². The molecular formula is C16H22BrNO2S. The maximum atomic E-state index is 10.3. The first kappa shape index (κ1) is 16.9. The topological polar surface area (TPSA) is 32.7 Å². The number of aliphatic hydroxyl groups excluding tert-OH is 1. The van der Waals surface area contributed by atoms with Crippen LogP contribution in [0, 0.1) is 0 Å². The van der Waals surface area contributed by atoms with E-state index in [0.717, 1.165) is 35.1 Å². The van der Waals surface area contributed by atoms with Crippen molar-refractivity contribution in [3.8, 4) is 0 Å². The van der Waals surface area contributed by atoms with Crippen LogP contribution in [-0.2, 0) is 4.74 Å². The highest BCUT2D eigenvalue weighted by molar-refractivity contribution is 9.10. The second-order valence-corrected chi connectivity index (χ2v) is 6.66. The van der Waals surface area contributed by atoms with Gasteiger partial charge in [-0.05, 0) is 52.1 Å². The summed E-state index contributed by atoms with van der Waals surface area (Å²) in [5.74, 6) is 0. The summed E-state index contributed by atoms with van der Waals surface area (Å²) >= 11 is 5.30. The molecule has 0 aliphatic heterocycles. The molecule has 21 heavy (non-hydrogen) atoms. The molecule has 3 nitrogen and oxygen atoms in total. The van der Waals surface area contributed by atoms with E-state index in [2.05, 4.69) is 52.2 Å². The van der Waals surface area contributed by atoms with Gasteiger partial charge in [0.1, 0.15) is 6.10 Å². The fraction of sp³-hybridized carbons (Fsp3) is 0.500. The van der Waals surface area contributed by atoms with E-state index in [1.54, 1.807) is 11.3 Å². The molecule has 0 saturated carbocycles. The highest BCUT2D eigenvalue weighted by Gasteiger charge is 2.14. The number of fused-ring (bicyclic) bond motifs is 1. The summed E-state index contributed by atoms with van der Waals surface area (Å²) < 4.78 is 7.82. The van der Waals surface area contributed by atoms with E-state index in [9.17, 15) is 5.11 Å². The van der Waals surface area contributed by atoms with Gasteiger partial charge in [0.2, 0.25) is 0 Å². The Labute approximate surface area is 138 Å². The van der Waals surface area contributed by atoms with Crippen molar-refractivity contribution >= 4 is 37.4 Å². The average molecular weight is 372 g/mol. The van der Waals surface area contributed by atoms with Crippen LogP contribution in [0.2, 0.25) is 0 Å². The Balaban J connectivity index is 1.90. The Morgan fingerprint density at radius 3 is 2.76 bits per heavy atom. The molecule has 0 bridgehead atoms. The first-order valence-corrected chi connectivity index (χ1v) is 8.98. The van der Waals surface area contributed by atoms with Gasteiger partial charge in [-0.1, -0.05) is 19.9 Å². The van der Waals surface area contributed by atoms with Crippen molar-refractivity contribution in [2.45, 2.75) is 20.0 Å². The van der Waals surface area contributed by atoms with Crippen LogP contribution in [0.1, 0.15) is 25.5 Å². The summed E-state index contributed by atoms with van der Waals surface area (Å²) in [5, 5.41) is 13.5. The number of aliphatic hydroxyl groups is 1. The van der Waals surface area contributed by atoms with E-state index in [-0.39, 0.29) is 0 Å². The van der Waals surface area contributed by atoms with E-state index in [4.69, 9.17) is 4.74 Å². The summed E-state index contributed by atoms with van der Waals surface area (Å²) in [5.41, 5.74) is 0.892. The lowest BCUT2D eigenvalue weighted by Crippen LogP contribution is -2.27. The Morgan fingerprint density at radius 2 is 2.05 bits per heavy atom. The van der Waals surface area contributed by atoms with E-state index in [1.165, 1.54) is 4.70 Å². The van der Waals surface area contributed by atoms with Gasteiger partial charge < -0.3 is 14.7 Å². The van der Waals surface area contributed by atoms with E-state index >= 15 is 0 Å². The lowest BCUT2D eigenvalue weighted by atomic mass is 10.1. The van der Waals surface area contributed by atoms with Gasteiger partial charge in [-0.2, -0.15) is 0 Å². The van der Waals surface area contributed by atoms with Crippen molar-refractivity contribution in [3.63, 3.8) is 0 Å². The standard InChI is InChI=1S/C16H22BrNO2S/c1-3-18(4-2)8-9-20-11-14(19)12-5-6-15-13(16(12)17)7-10-21-15/h5-7,10,14,19H,3-4,8-9,11H2,1-2H3. The zero-order chi connectivity index (χ0) is 15.2. The Bertz CT molecular complexity index is 568. The molecule has 0 aliphatic rings. The van der Waals surface area contributed by atoms with Gasteiger partial charge in [-0.25, -0.2) is 0 Å². The van der Waals surface area contributed by atoms with Crippen molar-refractivity contribution < 1.29 is 9.84 Å². The first-order chi connectivity index (χ1) is 10.2. The van der Waals surface area contributed by atoms with Gasteiger partial charge in [0.15, 0.2) is 0 Å². The Morgan fingerprint density at radius 1 is 1.29 bits per heavy atom. The molecular weight excluding hydrogens is 350 g/mol. The van der Waals surface area contributed by atoms with Gasteiger partial charge in [0.05, 0.1) is 13.2 Å². The number of hydrogen-bond donors (Lipinski definition) is 1. The average Bonchev–Trinajstić information content (AvgIpc) is 2.97. The predicted octanol–water partition coefficient (Wildman–Crippen LogP) is 4.06. The summed E-state index contributed by atoms with van der Waals surface area (Å²) in [6.07, 6.45) is -0.597. The smallest absolute Gasteiger partial charge is 0.103 e. The number of thiophene rings is 1. The number of halogens is 1. The third-order valence-electron chi connectivity index (χ3n) is 3.68. The van der Waals surface area contributed by atoms with Gasteiger partial charge in [0, 0.05) is 21.1 Å². The van der Waals surface area contributed by atoms with Crippen LogP contribution >= 0.6 is 27.3 Å². The maximum absolute atomic E-state index is 10.3. The highest BCUT2D eigenvalue weighted by Crippen LogP contribution is 2.34. The summed E-state index contributed by atoms with van der Waals surface area (Å²) in [7, 11) is 0. The predicted molar refractivity (Wildman–Crippen MR) is 93.1 cm³/mol. The molecule has 1 aromatic heterocycles. The number of ether oxygens (including phenoxy) is 1. The molecule has 0 saturated heterocycles. The van der Waals surface area contributed by atoms with Crippen LogP contribution in [0.4, 0.5) is 0 Å². The summed E-state index contributed by atoms with van der Waals surface area (Å²) in [4.78, 5) is 2.31. The zero-order valence-corrected chi connectivity index (χ0v) is 14.9. The minimum Gasteiger partial charge on any atom is -0.386 e. The SMILES string of the molecule is CCN(CC)CCOCC(O)c1ccc2sccc2c1Br. The molecule has 0 fully saturated rings. The van der Waals surface area contributed by atoms with Crippen molar-refractivity contribution in [2.24, 2.45) is 0 Å². The number of hydrogen-bond acceptors (Lipinski definition) is 4. The molecule has 0 aliphatic carbocycles. The molecule has 1 N–H and O–H groups in total. The zero-order valence-electron chi connectivity index (χ0n) is 12.5. The molecule has 1 atom stereocenters. The molecule has 5 heteroatoms. The fourth-order valence-corrected chi connectivity index (χ4v) is 3.97. The normalized spacial score (nSPS) is 13.2. The molecule has 2 rings (SSSR count). The van der Waals surface area contributed by atoms with Crippen LogP contribution in [0.3, 0.4) is 0 Å². The quantitative estimate of drug-likeness (QED) is 0.710. The number of rotatable bonds is 8. The number of likely N-dealkylation sites (N-methyl/N-ethyl adjacent to an activating group) is 1. The fourth-order valence-electron chi connectivity index (χ4n) is 2.30. The monoisotopic (exact) mass is 371 g/mol. The van der Waals surface area contributed by atoms with Crippen LogP contribution in [0.15, 0.2) is 28.1 Å². The second kappa shape index (κ2) is 8.25. The lowest BCUT2D eigenvalue weighted by molar-refractivity contribution is 0.0271. The minimum atomic E-state index is -0.597. The molecule has 0 amide bonds. The van der Waals surface area contributed by atoms with Crippen molar-refractivity contribution in [1.29, 1.82) is 0 Å². The molecule has 2 aromatic rings. The number of benzene rings is 1. The van der Waals surface area contributed by atoms with E-state index < -0.39 is 6.10 Å². The van der Waals surface area contributed by atoms with Gasteiger partial charge in [0.25, 0.3) is 0 Å². The van der Waals surface area contributed by atoms with Crippen LogP contribution in [0.5, 0.6) is 0 Å². The summed E-state index contributed by atoms with van der Waals surface area (Å²) in [6.45, 7) is 8.24. The highest BCUT2D eigenvalue weighted by atomic mass is 79.9. The van der Waals surface area contributed by atoms with Crippen LogP contribution < -0.4 is 0 Å². The van der Waals surface area contributed by atoms with Gasteiger partial charge in [-0.3, -0.25) is 0 Å². The van der Waals surface area contributed by atoms with Crippen molar-refractivity contribution in [3.05, 3.63) is 33.6 Å². The van der Waals surface area contributed by atoms with E-state index in [0.29, 0.717) is 13.2 Å². The minimum absolute atomic E-state index is 0.329. The third kappa shape index (κ3) is 4.27. The molecule has 0 radical (unpaired) electrons. The Hall–Kier alpha value is -0.460. The lowest BCUT2D eigenvalue weighted by Gasteiger charge is -2.19. The van der Waals surface area contributed by atoms with Crippen LogP contribution in [-0.4, -0.2) is 42.9 Å². The molecule has 116 valence electrons. The molecule has 1 aromatic carbocycles. The third-order valence-corrected chi connectivity index (χ3v) is 5.45. The van der Waals surface area contributed by atoms with Gasteiger partial charge >= 0.3 is 0 Å². The van der Waals surface area contributed by atoms with Crippen molar-refractivity contribution in [1.82, 2.24) is 4.90 Å². The summed E-state index contributed by atoms with van der Waals surface area (Å²) in [6, 6.07) is 6.10. The van der Waals surface area contributed by atoms with Gasteiger partial charge in [-0.15, -0.1) is 11.3 Å². The Kier molecular flexibility index (Phi) is 6.64. The molecule has 0 spiro atoms. The van der Waals surface area contributed by atoms with Crippen molar-refractivity contribution in [2.75, 3.05) is 32.8 Å². The number of nitrogens with zero attached hydrogens (tertiary/aromatic N) is 1. The molecule has 1 heterocycles. The first-order valence-electron chi connectivity index (χ1n) is 7.31. The second-order valence-electron chi connectivity index (χ2n) is 4.92. The molecule has 1 unspecified atom stereocenters. The van der Waals surface area contributed by atoms with E-state index in [1.807, 2.05) is 6.07 Å². The largest absolute Gasteiger partial charge is 0.386 e.